The van der Waals surface area contributed by atoms with Gasteiger partial charge in [-0.05, 0) is 30.5 Å². The third-order valence-corrected chi connectivity index (χ3v) is 6.70. The Hall–Kier alpha value is -3.66. The zero-order valence-electron chi connectivity index (χ0n) is 22.2. The van der Waals surface area contributed by atoms with Gasteiger partial charge in [-0.2, -0.15) is 4.98 Å². The maximum atomic E-state index is 13.3. The van der Waals surface area contributed by atoms with E-state index < -0.39 is 0 Å². The van der Waals surface area contributed by atoms with Crippen LogP contribution in [0.25, 0.3) is 5.95 Å². The molecule has 2 amide bonds. The predicted octanol–water partition coefficient (Wildman–Crippen LogP) is 3.66. The second-order valence-corrected chi connectivity index (χ2v) is 10.3. The van der Waals surface area contributed by atoms with Crippen LogP contribution in [-0.4, -0.2) is 69.0 Å². The highest BCUT2D eigenvalue weighted by Crippen LogP contribution is 2.25. The molecule has 1 aliphatic rings. The lowest BCUT2D eigenvalue weighted by Crippen LogP contribution is -2.56. The standard InChI is InChI=1S/C27H34ClN7O3/c1-18(2)12-26(37)33-10-11-35(24-15-23(28)31-27(32-24)34-9-8-29-17-34)21(16-33)14-25(36)30-19(3)20-6-5-7-22(13-20)38-4/h5-9,13,15,17-19,21H,10-12,14,16H2,1-4H3,(H,30,36). The lowest BCUT2D eigenvalue weighted by molar-refractivity contribution is -0.133. The fraction of sp³-hybridized carbons (Fsp3) is 0.444. The molecule has 0 aliphatic carbocycles. The lowest BCUT2D eigenvalue weighted by atomic mass is 10.0. The second kappa shape index (κ2) is 12.3. The topological polar surface area (TPSA) is 105 Å². The van der Waals surface area contributed by atoms with Crippen LogP contribution in [0.4, 0.5) is 5.82 Å². The van der Waals surface area contributed by atoms with Gasteiger partial charge in [-0.3, -0.25) is 14.2 Å². The number of carbonyl (C=O) groups excluding carboxylic acids is 2. The van der Waals surface area contributed by atoms with Crippen LogP contribution >= 0.6 is 11.6 Å². The van der Waals surface area contributed by atoms with Crippen molar-refractivity contribution >= 4 is 29.2 Å². The van der Waals surface area contributed by atoms with E-state index in [-0.39, 0.29) is 41.4 Å². The zero-order valence-corrected chi connectivity index (χ0v) is 22.9. The number of hydrogen-bond acceptors (Lipinski definition) is 7. The van der Waals surface area contributed by atoms with Crippen LogP contribution in [-0.2, 0) is 9.59 Å². The van der Waals surface area contributed by atoms with Crippen molar-refractivity contribution in [1.82, 2.24) is 29.7 Å². The van der Waals surface area contributed by atoms with E-state index in [0.29, 0.717) is 37.8 Å². The first-order chi connectivity index (χ1) is 18.2. The lowest BCUT2D eigenvalue weighted by Gasteiger charge is -2.42. The molecular formula is C27H34ClN7O3. The SMILES string of the molecule is COc1cccc(C(C)NC(=O)CC2CN(C(=O)CC(C)C)CCN2c2cc(Cl)nc(-n3ccnc3)n2)c1. The minimum absolute atomic E-state index is 0.0923. The summed E-state index contributed by atoms with van der Waals surface area (Å²) < 4.78 is 6.99. The Balaban J connectivity index is 1.55. The number of piperazine rings is 1. The van der Waals surface area contributed by atoms with Gasteiger partial charge in [0.25, 0.3) is 0 Å². The number of nitrogens with one attached hydrogen (secondary N) is 1. The van der Waals surface area contributed by atoms with Gasteiger partial charge in [0.2, 0.25) is 17.8 Å². The molecule has 0 radical (unpaired) electrons. The van der Waals surface area contributed by atoms with Crippen molar-refractivity contribution in [3.05, 3.63) is 59.8 Å². The highest BCUT2D eigenvalue weighted by Gasteiger charge is 2.33. The Morgan fingerprint density at radius 1 is 1.18 bits per heavy atom. The van der Waals surface area contributed by atoms with Crippen molar-refractivity contribution in [2.24, 2.45) is 5.92 Å². The molecule has 1 fully saturated rings. The summed E-state index contributed by atoms with van der Waals surface area (Å²) >= 11 is 6.37. The quantitative estimate of drug-likeness (QED) is 0.414. The van der Waals surface area contributed by atoms with E-state index in [1.54, 1.807) is 36.5 Å². The molecule has 10 nitrogen and oxygen atoms in total. The number of amides is 2. The van der Waals surface area contributed by atoms with Crippen LogP contribution in [0.5, 0.6) is 5.75 Å². The third kappa shape index (κ3) is 6.80. The van der Waals surface area contributed by atoms with E-state index >= 15 is 0 Å². The van der Waals surface area contributed by atoms with Crippen LogP contribution in [0.1, 0.15) is 45.2 Å². The van der Waals surface area contributed by atoms with Crippen LogP contribution in [0, 0.1) is 5.92 Å². The molecular weight excluding hydrogens is 506 g/mol. The van der Waals surface area contributed by atoms with Crippen LogP contribution in [0.3, 0.4) is 0 Å². The highest BCUT2D eigenvalue weighted by molar-refractivity contribution is 6.29. The molecule has 1 N–H and O–H groups in total. The molecule has 1 saturated heterocycles. The van der Waals surface area contributed by atoms with Crippen molar-refractivity contribution in [2.75, 3.05) is 31.6 Å². The number of aromatic nitrogens is 4. The molecule has 38 heavy (non-hydrogen) atoms. The summed E-state index contributed by atoms with van der Waals surface area (Å²) in [4.78, 5) is 43.1. The predicted molar refractivity (Wildman–Crippen MR) is 146 cm³/mol. The van der Waals surface area contributed by atoms with Gasteiger partial charge < -0.3 is 19.9 Å². The van der Waals surface area contributed by atoms with Crippen LogP contribution in [0.15, 0.2) is 49.1 Å². The van der Waals surface area contributed by atoms with Crippen molar-refractivity contribution in [2.45, 2.75) is 45.7 Å². The van der Waals surface area contributed by atoms with Gasteiger partial charge in [-0.25, -0.2) is 9.97 Å². The largest absolute Gasteiger partial charge is 0.497 e. The summed E-state index contributed by atoms with van der Waals surface area (Å²) in [6.07, 6.45) is 5.63. The molecule has 202 valence electrons. The third-order valence-electron chi connectivity index (χ3n) is 6.51. The number of halogens is 1. The van der Waals surface area contributed by atoms with Gasteiger partial charge in [0.15, 0.2) is 0 Å². The van der Waals surface area contributed by atoms with Gasteiger partial charge in [0, 0.05) is 50.9 Å². The molecule has 4 rings (SSSR count). The summed E-state index contributed by atoms with van der Waals surface area (Å²) in [5.41, 5.74) is 0.944. The number of hydrogen-bond donors (Lipinski definition) is 1. The number of carbonyl (C=O) groups is 2. The smallest absolute Gasteiger partial charge is 0.238 e. The average Bonchev–Trinajstić information content (AvgIpc) is 3.43. The Morgan fingerprint density at radius 3 is 2.71 bits per heavy atom. The van der Waals surface area contributed by atoms with Crippen LogP contribution in [0.2, 0.25) is 5.15 Å². The molecule has 11 heteroatoms. The molecule has 0 spiro atoms. The highest BCUT2D eigenvalue weighted by atomic mass is 35.5. The van der Waals surface area contributed by atoms with Gasteiger partial charge in [-0.15, -0.1) is 0 Å². The fourth-order valence-corrected chi connectivity index (χ4v) is 4.75. The molecule has 2 unspecified atom stereocenters. The Labute approximate surface area is 228 Å². The molecule has 2 atom stereocenters. The van der Waals surface area contributed by atoms with Crippen molar-refractivity contribution in [3.8, 4) is 11.7 Å². The second-order valence-electron chi connectivity index (χ2n) is 9.87. The summed E-state index contributed by atoms with van der Waals surface area (Å²) in [5.74, 6) is 1.94. The zero-order chi connectivity index (χ0) is 27.2. The summed E-state index contributed by atoms with van der Waals surface area (Å²) in [6, 6.07) is 8.81. The monoisotopic (exact) mass is 539 g/mol. The summed E-state index contributed by atoms with van der Waals surface area (Å²) in [7, 11) is 1.62. The number of ether oxygens (including phenoxy) is 1. The molecule has 0 saturated carbocycles. The first-order valence-electron chi connectivity index (χ1n) is 12.7. The Bertz CT molecular complexity index is 1250. The van der Waals surface area contributed by atoms with Gasteiger partial charge in [0.05, 0.1) is 19.2 Å². The van der Waals surface area contributed by atoms with Gasteiger partial charge in [-0.1, -0.05) is 37.6 Å². The molecule has 0 bridgehead atoms. The number of imidazole rings is 1. The van der Waals surface area contributed by atoms with E-state index in [0.717, 1.165) is 11.3 Å². The number of nitrogens with zero attached hydrogens (tertiary/aromatic N) is 6. The average molecular weight is 540 g/mol. The van der Waals surface area contributed by atoms with Gasteiger partial charge >= 0.3 is 0 Å². The van der Waals surface area contributed by atoms with Crippen molar-refractivity contribution < 1.29 is 14.3 Å². The Morgan fingerprint density at radius 2 is 2.00 bits per heavy atom. The van der Waals surface area contributed by atoms with E-state index in [2.05, 4.69) is 15.3 Å². The van der Waals surface area contributed by atoms with E-state index in [1.165, 1.54) is 0 Å². The maximum Gasteiger partial charge on any atom is 0.238 e. The summed E-state index contributed by atoms with van der Waals surface area (Å²) in [5, 5.41) is 3.38. The number of methoxy groups -OCH3 is 1. The molecule has 1 aliphatic heterocycles. The van der Waals surface area contributed by atoms with Crippen molar-refractivity contribution in [3.63, 3.8) is 0 Å². The van der Waals surface area contributed by atoms with E-state index in [9.17, 15) is 9.59 Å². The first-order valence-corrected chi connectivity index (χ1v) is 13.1. The normalized spacial score (nSPS) is 16.4. The molecule has 1 aromatic carbocycles. The minimum Gasteiger partial charge on any atom is -0.497 e. The maximum absolute atomic E-state index is 13.3. The number of benzene rings is 1. The number of anilines is 1. The fourth-order valence-electron chi connectivity index (χ4n) is 4.58. The summed E-state index contributed by atoms with van der Waals surface area (Å²) in [6.45, 7) is 7.45. The van der Waals surface area contributed by atoms with Gasteiger partial charge in [0.1, 0.15) is 23.0 Å². The van der Waals surface area contributed by atoms with E-state index in [4.69, 9.17) is 21.3 Å². The van der Waals surface area contributed by atoms with E-state index in [1.807, 2.05) is 54.8 Å². The van der Waals surface area contributed by atoms with Crippen molar-refractivity contribution in [1.29, 1.82) is 0 Å². The molecule has 2 aromatic heterocycles. The van der Waals surface area contributed by atoms with Crippen LogP contribution < -0.4 is 15.0 Å². The molecule has 3 heterocycles. The number of rotatable bonds is 9. The minimum atomic E-state index is -0.293. The first kappa shape index (κ1) is 27.4. The Kier molecular flexibility index (Phi) is 8.83. The molecule has 3 aromatic rings.